The van der Waals surface area contributed by atoms with Crippen LogP contribution in [0.2, 0.25) is 0 Å². The van der Waals surface area contributed by atoms with Gasteiger partial charge < -0.3 is 20.1 Å². The second-order valence-electron chi connectivity index (χ2n) is 5.96. The van der Waals surface area contributed by atoms with E-state index in [1.54, 1.807) is 21.3 Å². The lowest BCUT2D eigenvalue weighted by atomic mass is 10.1. The second-order valence-corrected chi connectivity index (χ2v) is 5.96. The smallest absolute Gasteiger partial charge is 0.191 e. The van der Waals surface area contributed by atoms with Crippen LogP contribution in [-0.2, 0) is 13.0 Å². The van der Waals surface area contributed by atoms with Crippen molar-refractivity contribution in [2.75, 3.05) is 27.8 Å². The molecule has 0 bridgehead atoms. The van der Waals surface area contributed by atoms with Gasteiger partial charge in [0.2, 0.25) is 0 Å². The average Bonchev–Trinajstić information content (AvgIpc) is 2.66. The lowest BCUT2D eigenvalue weighted by Crippen LogP contribution is -2.38. The highest BCUT2D eigenvalue weighted by molar-refractivity contribution is 5.79. The molecule has 6 nitrogen and oxygen atoms in total. The van der Waals surface area contributed by atoms with Gasteiger partial charge in [-0.2, -0.15) is 0 Å². The Kier molecular flexibility index (Phi) is 7.26. The molecule has 0 atom stereocenters. The fourth-order valence-corrected chi connectivity index (χ4v) is 2.86. The number of methoxy groups -OCH3 is 2. The van der Waals surface area contributed by atoms with E-state index in [4.69, 9.17) is 9.47 Å². The molecule has 0 spiro atoms. The minimum Gasteiger partial charge on any atom is -0.496 e. The Bertz CT molecular complexity index is 759. The van der Waals surface area contributed by atoms with E-state index >= 15 is 0 Å². The van der Waals surface area contributed by atoms with Crippen LogP contribution < -0.4 is 20.1 Å². The van der Waals surface area contributed by atoms with E-state index < -0.39 is 0 Å². The van der Waals surface area contributed by atoms with E-state index in [0.717, 1.165) is 47.2 Å². The number of guanidine groups is 1. The van der Waals surface area contributed by atoms with Gasteiger partial charge in [-0.15, -0.1) is 0 Å². The summed E-state index contributed by atoms with van der Waals surface area (Å²) in [5.41, 5.74) is 4.19. The van der Waals surface area contributed by atoms with Gasteiger partial charge >= 0.3 is 0 Å². The number of aromatic nitrogens is 1. The summed E-state index contributed by atoms with van der Waals surface area (Å²) in [6.45, 7) is 5.35. The van der Waals surface area contributed by atoms with E-state index in [9.17, 15) is 0 Å². The quantitative estimate of drug-likeness (QED) is 0.590. The van der Waals surface area contributed by atoms with Gasteiger partial charge in [0.1, 0.15) is 11.5 Å². The van der Waals surface area contributed by atoms with Crippen LogP contribution >= 0.6 is 0 Å². The molecule has 0 aliphatic carbocycles. The maximum absolute atomic E-state index is 5.46. The molecule has 26 heavy (non-hydrogen) atoms. The van der Waals surface area contributed by atoms with Crippen molar-refractivity contribution in [1.82, 2.24) is 15.6 Å². The van der Waals surface area contributed by atoms with Gasteiger partial charge in [0.05, 0.1) is 26.5 Å². The zero-order valence-electron chi connectivity index (χ0n) is 16.2. The number of para-hydroxylation sites is 1. The van der Waals surface area contributed by atoms with Crippen LogP contribution in [0.5, 0.6) is 11.5 Å². The van der Waals surface area contributed by atoms with E-state index in [-0.39, 0.29) is 0 Å². The van der Waals surface area contributed by atoms with Gasteiger partial charge in [-0.3, -0.25) is 9.98 Å². The van der Waals surface area contributed by atoms with Crippen molar-refractivity contribution in [2.24, 2.45) is 4.99 Å². The molecule has 0 amide bonds. The van der Waals surface area contributed by atoms with Crippen LogP contribution in [0.3, 0.4) is 0 Å². The van der Waals surface area contributed by atoms with Crippen molar-refractivity contribution < 1.29 is 9.47 Å². The van der Waals surface area contributed by atoms with Gasteiger partial charge in [-0.1, -0.05) is 18.2 Å². The highest BCUT2D eigenvalue weighted by Gasteiger charge is 2.10. The van der Waals surface area contributed by atoms with Crippen molar-refractivity contribution in [1.29, 1.82) is 0 Å². The van der Waals surface area contributed by atoms with Gasteiger partial charge in [0, 0.05) is 30.9 Å². The zero-order valence-corrected chi connectivity index (χ0v) is 16.2. The maximum Gasteiger partial charge on any atom is 0.191 e. The first-order valence-corrected chi connectivity index (χ1v) is 8.66. The summed E-state index contributed by atoms with van der Waals surface area (Å²) in [5.74, 6) is 2.53. The molecule has 140 valence electrons. The average molecular weight is 356 g/mol. The Morgan fingerprint density at radius 3 is 2.58 bits per heavy atom. The van der Waals surface area contributed by atoms with Gasteiger partial charge in [-0.25, -0.2) is 0 Å². The van der Waals surface area contributed by atoms with E-state index in [0.29, 0.717) is 6.54 Å². The van der Waals surface area contributed by atoms with Gasteiger partial charge in [-0.05, 0) is 31.9 Å². The number of ether oxygens (including phenoxy) is 2. The lowest BCUT2D eigenvalue weighted by Gasteiger charge is -2.15. The lowest BCUT2D eigenvalue weighted by molar-refractivity contribution is 0.406. The van der Waals surface area contributed by atoms with Gasteiger partial charge in [0.25, 0.3) is 0 Å². The van der Waals surface area contributed by atoms with Crippen LogP contribution in [0.1, 0.15) is 22.4 Å². The maximum atomic E-state index is 5.46. The molecule has 2 aromatic rings. The molecule has 0 fully saturated rings. The molecule has 1 aromatic heterocycles. The van der Waals surface area contributed by atoms with E-state index in [1.807, 2.05) is 38.2 Å². The number of hydrogen-bond donors (Lipinski definition) is 2. The highest BCUT2D eigenvalue weighted by atomic mass is 16.5. The molecule has 6 heteroatoms. The fourth-order valence-electron chi connectivity index (χ4n) is 2.86. The normalized spacial score (nSPS) is 11.2. The molecular weight excluding hydrogens is 328 g/mol. The SMILES string of the molecule is CN=C(NCCc1ccccc1OC)NCc1ncc(C)c(OC)c1C. The third-order valence-electron chi connectivity index (χ3n) is 4.28. The number of rotatable bonds is 7. The Labute approximate surface area is 155 Å². The second kappa shape index (κ2) is 9.65. The predicted octanol–water partition coefficient (Wildman–Crippen LogP) is 2.62. The number of pyridine rings is 1. The van der Waals surface area contributed by atoms with E-state index in [1.165, 1.54) is 5.56 Å². The van der Waals surface area contributed by atoms with Crippen molar-refractivity contribution in [2.45, 2.75) is 26.8 Å². The molecule has 0 aliphatic rings. The minimum atomic E-state index is 0.580. The number of nitrogens with one attached hydrogen (secondary N) is 2. The first-order chi connectivity index (χ1) is 12.6. The van der Waals surface area contributed by atoms with Crippen molar-refractivity contribution in [3.8, 4) is 11.5 Å². The molecule has 0 unspecified atom stereocenters. The molecule has 0 saturated heterocycles. The third-order valence-corrected chi connectivity index (χ3v) is 4.28. The molecule has 2 rings (SSSR count). The Balaban J connectivity index is 1.91. The molecule has 1 heterocycles. The summed E-state index contributed by atoms with van der Waals surface area (Å²) in [7, 11) is 5.14. The Morgan fingerprint density at radius 1 is 1.12 bits per heavy atom. The first kappa shape index (κ1) is 19.6. The monoisotopic (exact) mass is 356 g/mol. The molecular formula is C20H28N4O2. The number of aliphatic imine (C=N–C) groups is 1. The standard InChI is InChI=1S/C20H28N4O2/c1-14-12-23-17(15(2)19(14)26-5)13-24-20(21-3)22-11-10-16-8-6-7-9-18(16)25-4/h6-9,12H,10-11,13H2,1-5H3,(H2,21,22,24). The topological polar surface area (TPSA) is 67.8 Å². The summed E-state index contributed by atoms with van der Waals surface area (Å²) >= 11 is 0. The van der Waals surface area contributed by atoms with Crippen molar-refractivity contribution in [3.05, 3.63) is 52.8 Å². The molecule has 2 N–H and O–H groups in total. The van der Waals surface area contributed by atoms with Crippen molar-refractivity contribution in [3.63, 3.8) is 0 Å². The number of aryl methyl sites for hydroxylation is 1. The van der Waals surface area contributed by atoms with Crippen LogP contribution in [0.4, 0.5) is 0 Å². The fraction of sp³-hybridized carbons (Fsp3) is 0.400. The molecule has 0 saturated carbocycles. The summed E-state index contributed by atoms with van der Waals surface area (Å²) in [4.78, 5) is 8.77. The molecule has 0 aliphatic heterocycles. The summed E-state index contributed by atoms with van der Waals surface area (Å²) in [6, 6.07) is 8.04. The Morgan fingerprint density at radius 2 is 1.88 bits per heavy atom. The van der Waals surface area contributed by atoms with Gasteiger partial charge in [0.15, 0.2) is 5.96 Å². The minimum absolute atomic E-state index is 0.580. The summed E-state index contributed by atoms with van der Waals surface area (Å²) < 4.78 is 10.8. The van der Waals surface area contributed by atoms with Crippen molar-refractivity contribution >= 4 is 5.96 Å². The van der Waals surface area contributed by atoms with E-state index in [2.05, 4.69) is 26.7 Å². The third kappa shape index (κ3) is 4.88. The summed E-state index contributed by atoms with van der Waals surface area (Å²) in [5, 5.41) is 6.62. The molecule has 0 radical (unpaired) electrons. The first-order valence-electron chi connectivity index (χ1n) is 8.66. The number of benzene rings is 1. The van der Waals surface area contributed by atoms with Crippen LogP contribution in [-0.4, -0.2) is 38.8 Å². The van der Waals surface area contributed by atoms with Crippen LogP contribution in [0.25, 0.3) is 0 Å². The number of nitrogens with zero attached hydrogens (tertiary/aromatic N) is 2. The van der Waals surface area contributed by atoms with Crippen LogP contribution in [0.15, 0.2) is 35.5 Å². The van der Waals surface area contributed by atoms with Crippen LogP contribution in [0, 0.1) is 13.8 Å². The molecule has 1 aromatic carbocycles. The largest absolute Gasteiger partial charge is 0.496 e. The predicted molar refractivity (Wildman–Crippen MR) is 105 cm³/mol. The summed E-state index contributed by atoms with van der Waals surface area (Å²) in [6.07, 6.45) is 2.68. The Hall–Kier alpha value is -2.76. The number of hydrogen-bond acceptors (Lipinski definition) is 4. The zero-order chi connectivity index (χ0) is 18.9. The highest BCUT2D eigenvalue weighted by Crippen LogP contribution is 2.23.